The van der Waals surface area contributed by atoms with Crippen LogP contribution in [-0.2, 0) is 0 Å². The zero-order valence-electron chi connectivity index (χ0n) is 12.7. The van der Waals surface area contributed by atoms with E-state index in [2.05, 4.69) is 19.1 Å². The van der Waals surface area contributed by atoms with Gasteiger partial charge in [-0.25, -0.2) is 4.79 Å². The zero-order chi connectivity index (χ0) is 15.8. The molecule has 0 bridgehead atoms. The average molecular weight is 286 g/mol. The second kappa shape index (κ2) is 8.10. The van der Waals surface area contributed by atoms with Crippen LogP contribution in [0.2, 0.25) is 0 Å². The third-order valence-electron chi connectivity index (χ3n) is 3.37. The molecule has 0 fully saturated rings. The monoisotopic (exact) mass is 286 g/mol. The van der Waals surface area contributed by atoms with Gasteiger partial charge in [-0.15, -0.1) is 0 Å². The van der Waals surface area contributed by atoms with Crippen LogP contribution in [0.3, 0.4) is 0 Å². The predicted octanol–water partition coefficient (Wildman–Crippen LogP) is 4.60. The highest BCUT2D eigenvalue weighted by Crippen LogP contribution is 2.24. The SMILES string of the molecule is CCC(C)c1ccc(O)c(C(=O)O)c1.Cc1ccccc1. The molecule has 3 heteroatoms. The van der Waals surface area contributed by atoms with E-state index >= 15 is 0 Å². The van der Waals surface area contributed by atoms with Crippen molar-refractivity contribution in [3.05, 3.63) is 65.2 Å². The molecule has 0 saturated heterocycles. The summed E-state index contributed by atoms with van der Waals surface area (Å²) in [5.41, 5.74) is 2.24. The lowest BCUT2D eigenvalue weighted by Crippen LogP contribution is -2.00. The Labute approximate surface area is 125 Å². The summed E-state index contributed by atoms with van der Waals surface area (Å²) < 4.78 is 0. The van der Waals surface area contributed by atoms with Crippen molar-refractivity contribution in [2.75, 3.05) is 0 Å². The number of aromatic hydroxyl groups is 1. The van der Waals surface area contributed by atoms with Gasteiger partial charge in [0.15, 0.2) is 0 Å². The Morgan fingerprint density at radius 2 is 1.76 bits per heavy atom. The molecule has 2 aromatic rings. The second-order valence-electron chi connectivity index (χ2n) is 5.05. The number of carbonyl (C=O) groups is 1. The molecule has 1 unspecified atom stereocenters. The summed E-state index contributed by atoms with van der Waals surface area (Å²) in [5.74, 6) is -0.953. The Morgan fingerprint density at radius 1 is 1.14 bits per heavy atom. The quantitative estimate of drug-likeness (QED) is 0.867. The largest absolute Gasteiger partial charge is 0.507 e. The molecule has 0 heterocycles. The van der Waals surface area contributed by atoms with Crippen LogP contribution in [0.5, 0.6) is 5.75 Å². The van der Waals surface area contributed by atoms with Crippen molar-refractivity contribution in [1.29, 1.82) is 0 Å². The van der Waals surface area contributed by atoms with Crippen LogP contribution in [-0.4, -0.2) is 16.2 Å². The fourth-order valence-electron chi connectivity index (χ4n) is 1.80. The molecule has 0 amide bonds. The van der Waals surface area contributed by atoms with E-state index in [1.807, 2.05) is 32.0 Å². The van der Waals surface area contributed by atoms with Crippen molar-refractivity contribution in [3.63, 3.8) is 0 Å². The number of aryl methyl sites for hydroxylation is 1. The molecule has 0 aliphatic carbocycles. The van der Waals surface area contributed by atoms with Gasteiger partial charge in [0.25, 0.3) is 0 Å². The molecule has 112 valence electrons. The number of carboxylic acid groups (broad SMARTS) is 1. The lowest BCUT2D eigenvalue weighted by Gasteiger charge is -2.10. The van der Waals surface area contributed by atoms with Crippen LogP contribution in [0.25, 0.3) is 0 Å². The minimum Gasteiger partial charge on any atom is -0.507 e. The maximum atomic E-state index is 10.7. The van der Waals surface area contributed by atoms with Crippen molar-refractivity contribution in [3.8, 4) is 5.75 Å². The molecule has 2 rings (SSSR count). The smallest absolute Gasteiger partial charge is 0.339 e. The lowest BCUT2D eigenvalue weighted by atomic mass is 9.96. The van der Waals surface area contributed by atoms with E-state index in [1.54, 1.807) is 6.07 Å². The molecule has 2 N–H and O–H groups in total. The summed E-state index contributed by atoms with van der Waals surface area (Å²) in [4.78, 5) is 10.7. The minimum absolute atomic E-state index is 0.0252. The maximum Gasteiger partial charge on any atom is 0.339 e. The Bertz CT molecular complexity index is 576. The van der Waals surface area contributed by atoms with Gasteiger partial charge >= 0.3 is 5.97 Å². The molecule has 2 aromatic carbocycles. The van der Waals surface area contributed by atoms with Gasteiger partial charge in [0.2, 0.25) is 0 Å². The van der Waals surface area contributed by atoms with E-state index in [0.29, 0.717) is 5.92 Å². The van der Waals surface area contributed by atoms with E-state index in [9.17, 15) is 9.90 Å². The predicted molar refractivity (Wildman–Crippen MR) is 85.0 cm³/mol. The summed E-state index contributed by atoms with van der Waals surface area (Å²) in [5, 5.41) is 18.1. The van der Waals surface area contributed by atoms with Crippen LogP contribution < -0.4 is 0 Å². The molecule has 0 aromatic heterocycles. The first-order valence-corrected chi connectivity index (χ1v) is 7.03. The van der Waals surface area contributed by atoms with Crippen molar-refractivity contribution >= 4 is 5.97 Å². The Hall–Kier alpha value is -2.29. The molecule has 0 aliphatic rings. The van der Waals surface area contributed by atoms with E-state index < -0.39 is 5.97 Å². The summed E-state index contributed by atoms with van der Waals surface area (Å²) in [6, 6.07) is 15.0. The molecule has 1 atom stereocenters. The summed E-state index contributed by atoms with van der Waals surface area (Å²) in [6.45, 7) is 6.15. The Balaban J connectivity index is 0.000000262. The number of rotatable bonds is 3. The maximum absolute atomic E-state index is 10.7. The summed E-state index contributed by atoms with van der Waals surface area (Å²) in [6.07, 6.45) is 0.948. The Morgan fingerprint density at radius 3 is 2.19 bits per heavy atom. The number of hydrogen-bond donors (Lipinski definition) is 2. The molecule has 0 spiro atoms. The molecule has 0 radical (unpaired) electrons. The van der Waals surface area contributed by atoms with Crippen molar-refractivity contribution in [2.45, 2.75) is 33.1 Å². The molecule has 0 saturated carbocycles. The third kappa shape index (κ3) is 5.30. The van der Waals surface area contributed by atoms with Gasteiger partial charge < -0.3 is 10.2 Å². The standard InChI is InChI=1S/C11H14O3.C7H8/c1-3-7(2)8-4-5-10(12)9(6-8)11(13)14;1-7-5-3-2-4-6-7/h4-7,12H,3H2,1-2H3,(H,13,14);2-6H,1H3. The van der Waals surface area contributed by atoms with E-state index in [4.69, 9.17) is 5.11 Å². The van der Waals surface area contributed by atoms with Gasteiger partial charge in [-0.3, -0.25) is 0 Å². The highest BCUT2D eigenvalue weighted by Gasteiger charge is 2.12. The van der Waals surface area contributed by atoms with Crippen molar-refractivity contribution < 1.29 is 15.0 Å². The number of hydrogen-bond acceptors (Lipinski definition) is 2. The second-order valence-corrected chi connectivity index (χ2v) is 5.05. The van der Waals surface area contributed by atoms with Crippen LogP contribution in [0.15, 0.2) is 48.5 Å². The molecule has 0 aliphatic heterocycles. The average Bonchev–Trinajstić information content (AvgIpc) is 2.48. The Kier molecular flexibility index (Phi) is 6.47. The first-order valence-electron chi connectivity index (χ1n) is 7.03. The topological polar surface area (TPSA) is 57.5 Å². The highest BCUT2D eigenvalue weighted by atomic mass is 16.4. The zero-order valence-corrected chi connectivity index (χ0v) is 12.7. The van der Waals surface area contributed by atoms with Gasteiger partial charge in [-0.2, -0.15) is 0 Å². The molecular formula is C18H22O3. The van der Waals surface area contributed by atoms with Crippen LogP contribution in [0.1, 0.15) is 47.7 Å². The van der Waals surface area contributed by atoms with E-state index in [-0.39, 0.29) is 11.3 Å². The number of carboxylic acids is 1. The molecular weight excluding hydrogens is 264 g/mol. The summed E-state index contributed by atoms with van der Waals surface area (Å²) in [7, 11) is 0. The fraction of sp³-hybridized carbons (Fsp3) is 0.278. The molecule has 21 heavy (non-hydrogen) atoms. The number of benzene rings is 2. The van der Waals surface area contributed by atoms with Gasteiger partial charge in [0.05, 0.1) is 0 Å². The van der Waals surface area contributed by atoms with Crippen LogP contribution in [0.4, 0.5) is 0 Å². The normalized spacial score (nSPS) is 11.2. The third-order valence-corrected chi connectivity index (χ3v) is 3.37. The van der Waals surface area contributed by atoms with Gasteiger partial charge in [0.1, 0.15) is 11.3 Å². The summed E-state index contributed by atoms with van der Waals surface area (Å²) >= 11 is 0. The van der Waals surface area contributed by atoms with Gasteiger partial charge in [-0.1, -0.05) is 55.8 Å². The lowest BCUT2D eigenvalue weighted by molar-refractivity contribution is 0.0693. The fourth-order valence-corrected chi connectivity index (χ4v) is 1.80. The highest BCUT2D eigenvalue weighted by molar-refractivity contribution is 5.90. The first-order chi connectivity index (χ1) is 9.95. The van der Waals surface area contributed by atoms with Crippen LogP contribution >= 0.6 is 0 Å². The minimum atomic E-state index is -1.09. The van der Waals surface area contributed by atoms with Crippen molar-refractivity contribution in [2.24, 2.45) is 0 Å². The van der Waals surface area contributed by atoms with Crippen molar-refractivity contribution in [1.82, 2.24) is 0 Å². The number of aromatic carboxylic acids is 1. The van der Waals surface area contributed by atoms with E-state index in [1.165, 1.54) is 17.7 Å². The first kappa shape index (κ1) is 16.8. The number of phenols is 1. The van der Waals surface area contributed by atoms with Crippen LogP contribution in [0, 0.1) is 6.92 Å². The van der Waals surface area contributed by atoms with E-state index in [0.717, 1.165) is 12.0 Å². The molecule has 3 nitrogen and oxygen atoms in total. The van der Waals surface area contributed by atoms with Gasteiger partial charge in [-0.05, 0) is 37.0 Å². The van der Waals surface area contributed by atoms with Gasteiger partial charge in [0, 0.05) is 0 Å².